The number of nitrogens with zero attached hydrogens (tertiary/aromatic N) is 2. The number of carbonyl (C=O) groups is 2. The molecule has 1 amide bonds. The Labute approximate surface area is 153 Å². The Hall–Kier alpha value is -1.66. The average molecular weight is 365 g/mol. The van der Waals surface area contributed by atoms with E-state index in [1.165, 1.54) is 11.3 Å². The minimum atomic E-state index is -0.659. The Kier molecular flexibility index (Phi) is 6.06. The summed E-state index contributed by atoms with van der Waals surface area (Å²) in [6, 6.07) is 3.33. The van der Waals surface area contributed by atoms with E-state index in [2.05, 4.69) is 18.7 Å². The Bertz CT molecular complexity index is 655. The minimum Gasteiger partial charge on any atom is -0.503 e. The molecule has 0 spiro atoms. The lowest BCUT2D eigenvalue weighted by Crippen LogP contribution is -2.39. The summed E-state index contributed by atoms with van der Waals surface area (Å²) in [5.41, 5.74) is -0.423. The van der Waals surface area contributed by atoms with Crippen LogP contribution in [0.3, 0.4) is 0 Å². The predicted octanol–water partition coefficient (Wildman–Crippen LogP) is 3.40. The summed E-state index contributed by atoms with van der Waals surface area (Å²) in [6.07, 6.45) is 0. The number of rotatable bonds is 7. The van der Waals surface area contributed by atoms with Gasteiger partial charge in [-0.05, 0) is 24.5 Å². The van der Waals surface area contributed by atoms with Crippen molar-refractivity contribution in [3.8, 4) is 0 Å². The second-order valence-corrected chi connectivity index (χ2v) is 8.26. The van der Waals surface area contributed by atoms with Gasteiger partial charge in [0, 0.05) is 23.4 Å². The van der Waals surface area contributed by atoms with Gasteiger partial charge >= 0.3 is 0 Å². The third kappa shape index (κ3) is 3.96. The van der Waals surface area contributed by atoms with Crippen molar-refractivity contribution >= 4 is 23.0 Å². The zero-order chi connectivity index (χ0) is 18.8. The summed E-state index contributed by atoms with van der Waals surface area (Å²) < 4.78 is 0. The molecule has 0 aromatic carbocycles. The van der Waals surface area contributed by atoms with Crippen molar-refractivity contribution in [3.63, 3.8) is 0 Å². The lowest BCUT2D eigenvalue weighted by atomic mass is 9.83. The molecule has 1 atom stereocenters. The predicted molar refractivity (Wildman–Crippen MR) is 101 cm³/mol. The van der Waals surface area contributed by atoms with Gasteiger partial charge in [-0.2, -0.15) is 0 Å². The molecular formula is C19H28N2O3S. The van der Waals surface area contributed by atoms with Gasteiger partial charge in [0.2, 0.25) is 0 Å². The summed E-state index contributed by atoms with van der Waals surface area (Å²) >= 11 is 1.50. The fourth-order valence-electron chi connectivity index (χ4n) is 3.05. The molecule has 0 bridgehead atoms. The first-order chi connectivity index (χ1) is 11.7. The SMILES string of the molecule is CCN(CC)CCN1C(=O)C(O)=C(C(=O)C(C)(C)C)C1c1cccs1. The first-order valence-corrected chi connectivity index (χ1v) is 9.64. The number of Topliss-reactive ketones (excluding diaryl/α,β-unsaturated/α-hetero) is 1. The van der Waals surface area contributed by atoms with Crippen LogP contribution in [0.15, 0.2) is 28.8 Å². The number of thiophene rings is 1. The van der Waals surface area contributed by atoms with Crippen molar-refractivity contribution in [1.29, 1.82) is 0 Å². The molecule has 0 aliphatic carbocycles. The van der Waals surface area contributed by atoms with Gasteiger partial charge in [-0.25, -0.2) is 0 Å². The Balaban J connectivity index is 2.38. The number of aliphatic hydroxyl groups excluding tert-OH is 1. The highest BCUT2D eigenvalue weighted by molar-refractivity contribution is 7.10. The summed E-state index contributed by atoms with van der Waals surface area (Å²) in [7, 11) is 0. The Morgan fingerprint density at radius 2 is 1.96 bits per heavy atom. The van der Waals surface area contributed by atoms with Gasteiger partial charge in [-0.1, -0.05) is 40.7 Å². The van der Waals surface area contributed by atoms with Crippen molar-refractivity contribution < 1.29 is 14.7 Å². The van der Waals surface area contributed by atoms with Crippen LogP contribution >= 0.6 is 11.3 Å². The van der Waals surface area contributed by atoms with Crippen LogP contribution in [0.5, 0.6) is 0 Å². The Morgan fingerprint density at radius 1 is 1.32 bits per heavy atom. The first-order valence-electron chi connectivity index (χ1n) is 8.77. The van der Waals surface area contributed by atoms with E-state index in [0.717, 1.165) is 18.0 Å². The average Bonchev–Trinajstić information content (AvgIpc) is 3.16. The molecule has 1 aromatic heterocycles. The first kappa shape index (κ1) is 19.7. The smallest absolute Gasteiger partial charge is 0.290 e. The molecule has 2 heterocycles. The molecule has 25 heavy (non-hydrogen) atoms. The molecule has 1 aliphatic rings. The van der Waals surface area contributed by atoms with Crippen molar-refractivity contribution in [3.05, 3.63) is 33.7 Å². The largest absolute Gasteiger partial charge is 0.503 e. The molecule has 5 nitrogen and oxygen atoms in total. The zero-order valence-corrected chi connectivity index (χ0v) is 16.5. The third-order valence-electron chi connectivity index (χ3n) is 4.59. The van der Waals surface area contributed by atoms with E-state index in [1.807, 2.05) is 38.3 Å². The van der Waals surface area contributed by atoms with Crippen LogP contribution in [-0.4, -0.2) is 52.8 Å². The van der Waals surface area contributed by atoms with E-state index in [4.69, 9.17) is 0 Å². The number of carbonyl (C=O) groups excluding carboxylic acids is 2. The molecule has 0 saturated heterocycles. The van der Waals surface area contributed by atoms with Crippen LogP contribution in [0, 0.1) is 5.41 Å². The Morgan fingerprint density at radius 3 is 2.44 bits per heavy atom. The molecule has 2 rings (SSSR count). The normalized spacial score (nSPS) is 18.6. The number of aliphatic hydroxyl groups is 1. The van der Waals surface area contributed by atoms with E-state index in [-0.39, 0.29) is 11.4 Å². The maximum atomic E-state index is 12.9. The van der Waals surface area contributed by atoms with Crippen LogP contribution < -0.4 is 0 Å². The maximum absolute atomic E-state index is 12.9. The lowest BCUT2D eigenvalue weighted by Gasteiger charge is -2.29. The van der Waals surface area contributed by atoms with Crippen LogP contribution in [0.1, 0.15) is 45.5 Å². The maximum Gasteiger partial charge on any atom is 0.290 e. The van der Waals surface area contributed by atoms with Gasteiger partial charge in [-0.3, -0.25) is 9.59 Å². The van der Waals surface area contributed by atoms with E-state index in [1.54, 1.807) is 4.90 Å². The number of hydrogen-bond donors (Lipinski definition) is 1. The molecule has 0 fully saturated rings. The topological polar surface area (TPSA) is 60.9 Å². The molecule has 138 valence electrons. The van der Waals surface area contributed by atoms with Gasteiger partial charge < -0.3 is 14.9 Å². The van der Waals surface area contributed by atoms with Gasteiger partial charge in [0.25, 0.3) is 5.91 Å². The molecule has 1 aromatic rings. The zero-order valence-electron chi connectivity index (χ0n) is 15.7. The van der Waals surface area contributed by atoms with Crippen LogP contribution in [0.2, 0.25) is 0 Å². The number of amides is 1. The summed E-state index contributed by atoms with van der Waals surface area (Å²) in [6.45, 7) is 12.6. The molecule has 6 heteroatoms. The second kappa shape index (κ2) is 7.70. The van der Waals surface area contributed by atoms with Crippen LogP contribution in [0.25, 0.3) is 0 Å². The fraction of sp³-hybridized carbons (Fsp3) is 0.579. The quantitative estimate of drug-likeness (QED) is 0.805. The minimum absolute atomic E-state index is 0.179. The molecule has 1 aliphatic heterocycles. The number of ketones is 1. The van der Waals surface area contributed by atoms with Gasteiger partial charge in [0.1, 0.15) is 0 Å². The van der Waals surface area contributed by atoms with E-state index in [0.29, 0.717) is 13.1 Å². The highest BCUT2D eigenvalue weighted by Gasteiger charge is 2.46. The van der Waals surface area contributed by atoms with Crippen LogP contribution in [-0.2, 0) is 9.59 Å². The highest BCUT2D eigenvalue weighted by atomic mass is 32.1. The van der Waals surface area contributed by atoms with Crippen molar-refractivity contribution in [2.75, 3.05) is 26.2 Å². The number of likely N-dealkylation sites (N-methyl/N-ethyl adjacent to an activating group) is 1. The fourth-order valence-corrected chi connectivity index (χ4v) is 3.90. The second-order valence-electron chi connectivity index (χ2n) is 7.28. The monoisotopic (exact) mass is 364 g/mol. The molecular weight excluding hydrogens is 336 g/mol. The van der Waals surface area contributed by atoms with Gasteiger partial charge in [0.15, 0.2) is 11.5 Å². The third-order valence-corrected chi connectivity index (χ3v) is 5.52. The lowest BCUT2D eigenvalue weighted by molar-refractivity contribution is -0.129. The van der Waals surface area contributed by atoms with E-state index < -0.39 is 23.1 Å². The molecule has 0 radical (unpaired) electrons. The van der Waals surface area contributed by atoms with E-state index >= 15 is 0 Å². The summed E-state index contributed by atoms with van der Waals surface area (Å²) in [5, 5.41) is 12.4. The summed E-state index contributed by atoms with van der Waals surface area (Å²) in [4.78, 5) is 30.4. The standard InChI is InChI=1S/C19H28N2O3S/c1-6-20(7-2)10-11-21-15(13-9-8-12-25-13)14(16(22)18(21)24)17(23)19(3,4)5/h8-9,12,15,22H,6-7,10-11H2,1-5H3. The molecule has 0 saturated carbocycles. The van der Waals surface area contributed by atoms with Gasteiger partial charge in [0.05, 0.1) is 11.6 Å². The molecule has 1 N–H and O–H groups in total. The van der Waals surface area contributed by atoms with Gasteiger partial charge in [-0.15, -0.1) is 11.3 Å². The van der Waals surface area contributed by atoms with Crippen molar-refractivity contribution in [1.82, 2.24) is 9.80 Å². The van der Waals surface area contributed by atoms with Crippen molar-refractivity contribution in [2.24, 2.45) is 5.41 Å². The van der Waals surface area contributed by atoms with E-state index in [9.17, 15) is 14.7 Å². The molecule has 1 unspecified atom stereocenters. The summed E-state index contributed by atoms with van der Waals surface area (Å²) in [5.74, 6) is -1.02. The van der Waals surface area contributed by atoms with Crippen molar-refractivity contribution in [2.45, 2.75) is 40.7 Å². The van der Waals surface area contributed by atoms with Crippen LogP contribution in [0.4, 0.5) is 0 Å². The number of hydrogen-bond acceptors (Lipinski definition) is 5. The highest BCUT2D eigenvalue weighted by Crippen LogP contribution is 2.42.